The summed E-state index contributed by atoms with van der Waals surface area (Å²) in [6, 6.07) is 14.0. The summed E-state index contributed by atoms with van der Waals surface area (Å²) in [5, 5.41) is 9.63. The molecule has 6 heteroatoms. The van der Waals surface area contributed by atoms with Crippen molar-refractivity contribution in [3.05, 3.63) is 67.6 Å². The van der Waals surface area contributed by atoms with Gasteiger partial charge < -0.3 is 9.72 Å². The van der Waals surface area contributed by atoms with Gasteiger partial charge in [-0.3, -0.25) is 0 Å². The number of halogens is 2. The van der Waals surface area contributed by atoms with E-state index in [1.807, 2.05) is 36.4 Å². The first-order valence-electron chi connectivity index (χ1n) is 7.42. The fourth-order valence-electron chi connectivity index (χ4n) is 2.37. The standard InChI is InChI=1S/C19H13I2N3O/c1-2-7-25-18-12(9-14(20)10-15(18)21)8-13(11-22)19-23-16-5-3-4-6-17(16)24-19/h2-6,8-10H,1,7H2,(H,23,24). The van der Waals surface area contributed by atoms with Gasteiger partial charge in [0.2, 0.25) is 0 Å². The van der Waals surface area contributed by atoms with E-state index in [1.165, 1.54) is 0 Å². The summed E-state index contributed by atoms with van der Waals surface area (Å²) < 4.78 is 7.85. The van der Waals surface area contributed by atoms with Crippen molar-refractivity contribution in [2.45, 2.75) is 0 Å². The van der Waals surface area contributed by atoms with Gasteiger partial charge in [0.1, 0.15) is 24.3 Å². The van der Waals surface area contributed by atoms with Crippen LogP contribution in [0.3, 0.4) is 0 Å². The van der Waals surface area contributed by atoms with Crippen LogP contribution in [0.5, 0.6) is 5.75 Å². The SMILES string of the molecule is C=CCOc1c(I)cc(I)cc1C=C(C#N)c1nc2ccccc2[nH]1. The van der Waals surface area contributed by atoms with E-state index in [-0.39, 0.29) is 0 Å². The summed E-state index contributed by atoms with van der Waals surface area (Å²) in [5.41, 5.74) is 3.03. The number of nitriles is 1. The minimum absolute atomic E-state index is 0.407. The van der Waals surface area contributed by atoms with Crippen molar-refractivity contribution in [2.24, 2.45) is 0 Å². The molecule has 25 heavy (non-hydrogen) atoms. The van der Waals surface area contributed by atoms with Gasteiger partial charge in [-0.15, -0.1) is 0 Å². The molecule has 0 unspecified atom stereocenters. The number of fused-ring (bicyclic) bond motifs is 1. The van der Waals surface area contributed by atoms with Crippen LogP contribution in [-0.2, 0) is 0 Å². The lowest BCUT2D eigenvalue weighted by atomic mass is 10.1. The molecule has 0 saturated carbocycles. The number of ether oxygens (including phenoxy) is 1. The smallest absolute Gasteiger partial charge is 0.149 e. The maximum atomic E-state index is 9.63. The third-order valence-electron chi connectivity index (χ3n) is 3.45. The van der Waals surface area contributed by atoms with Crippen molar-refractivity contribution >= 4 is 67.9 Å². The largest absolute Gasteiger partial charge is 0.488 e. The van der Waals surface area contributed by atoms with E-state index in [9.17, 15) is 5.26 Å². The number of allylic oxidation sites excluding steroid dienone is 1. The number of imidazole rings is 1. The number of rotatable bonds is 5. The lowest BCUT2D eigenvalue weighted by molar-refractivity contribution is 0.360. The fraction of sp³-hybridized carbons (Fsp3) is 0.0526. The summed E-state index contributed by atoms with van der Waals surface area (Å²) in [7, 11) is 0. The molecule has 1 aromatic heterocycles. The molecule has 0 atom stereocenters. The molecule has 0 aliphatic carbocycles. The molecule has 1 heterocycles. The van der Waals surface area contributed by atoms with E-state index in [1.54, 1.807) is 12.2 Å². The van der Waals surface area contributed by atoms with Gasteiger partial charge in [0.25, 0.3) is 0 Å². The molecule has 4 nitrogen and oxygen atoms in total. The van der Waals surface area contributed by atoms with Crippen molar-refractivity contribution in [2.75, 3.05) is 6.61 Å². The van der Waals surface area contributed by atoms with E-state index >= 15 is 0 Å². The highest BCUT2D eigenvalue weighted by molar-refractivity contribution is 14.1. The summed E-state index contributed by atoms with van der Waals surface area (Å²) in [4.78, 5) is 7.71. The summed E-state index contributed by atoms with van der Waals surface area (Å²) in [5.74, 6) is 1.29. The monoisotopic (exact) mass is 553 g/mol. The number of aromatic amines is 1. The lowest BCUT2D eigenvalue weighted by Crippen LogP contribution is -1.99. The second kappa shape index (κ2) is 8.01. The normalized spacial score (nSPS) is 11.3. The Morgan fingerprint density at radius 1 is 1.32 bits per heavy atom. The number of H-pyrrole nitrogens is 1. The molecule has 0 saturated heterocycles. The first kappa shape index (κ1) is 17.9. The molecule has 2 aromatic carbocycles. The highest BCUT2D eigenvalue weighted by Gasteiger charge is 2.12. The molecular weight excluding hydrogens is 540 g/mol. The van der Waals surface area contributed by atoms with Gasteiger partial charge >= 0.3 is 0 Å². The second-order valence-corrected chi connectivity index (χ2v) is 7.59. The Bertz CT molecular complexity index is 982. The van der Waals surface area contributed by atoms with Crippen LogP contribution >= 0.6 is 45.2 Å². The first-order valence-corrected chi connectivity index (χ1v) is 9.57. The van der Waals surface area contributed by atoms with Crippen molar-refractivity contribution in [1.82, 2.24) is 9.97 Å². The maximum Gasteiger partial charge on any atom is 0.149 e. The van der Waals surface area contributed by atoms with Gasteiger partial charge in [-0.2, -0.15) is 5.26 Å². The first-order chi connectivity index (χ1) is 12.1. The van der Waals surface area contributed by atoms with Crippen molar-refractivity contribution < 1.29 is 4.74 Å². The minimum atomic E-state index is 0.407. The molecule has 3 aromatic rings. The summed E-state index contributed by atoms with van der Waals surface area (Å²) in [6.45, 7) is 4.10. The van der Waals surface area contributed by atoms with Crippen molar-refractivity contribution in [3.63, 3.8) is 0 Å². The number of benzene rings is 2. The molecule has 124 valence electrons. The molecule has 0 fully saturated rings. The van der Waals surface area contributed by atoms with Crippen LogP contribution in [0.2, 0.25) is 0 Å². The van der Waals surface area contributed by atoms with E-state index in [0.29, 0.717) is 18.0 Å². The molecule has 0 aliphatic heterocycles. The van der Waals surface area contributed by atoms with Gasteiger partial charge in [-0.05, 0) is 75.5 Å². The highest BCUT2D eigenvalue weighted by atomic mass is 127. The zero-order valence-electron chi connectivity index (χ0n) is 13.1. The van der Waals surface area contributed by atoms with Gasteiger partial charge in [0, 0.05) is 9.13 Å². The van der Waals surface area contributed by atoms with Gasteiger partial charge in [-0.1, -0.05) is 24.8 Å². The Kier molecular flexibility index (Phi) is 5.75. The Morgan fingerprint density at radius 3 is 2.84 bits per heavy atom. The number of para-hydroxylation sites is 2. The van der Waals surface area contributed by atoms with Crippen molar-refractivity contribution in [1.29, 1.82) is 5.26 Å². The third kappa shape index (κ3) is 4.04. The Hall–Kier alpha value is -1.86. The van der Waals surface area contributed by atoms with E-state index in [0.717, 1.165) is 29.5 Å². The van der Waals surface area contributed by atoms with Crippen LogP contribution in [-0.4, -0.2) is 16.6 Å². The highest BCUT2D eigenvalue weighted by Crippen LogP contribution is 2.31. The van der Waals surface area contributed by atoms with Crippen LogP contribution in [0, 0.1) is 18.5 Å². The lowest BCUT2D eigenvalue weighted by Gasteiger charge is -2.11. The van der Waals surface area contributed by atoms with Crippen molar-refractivity contribution in [3.8, 4) is 11.8 Å². The van der Waals surface area contributed by atoms with Gasteiger partial charge in [-0.25, -0.2) is 4.98 Å². The number of nitrogens with one attached hydrogen (secondary N) is 1. The predicted octanol–water partition coefficient (Wildman–Crippen LogP) is 5.40. The van der Waals surface area contributed by atoms with Gasteiger partial charge in [0.15, 0.2) is 0 Å². The van der Waals surface area contributed by atoms with Crippen LogP contribution in [0.25, 0.3) is 22.7 Å². The van der Waals surface area contributed by atoms with E-state index in [4.69, 9.17) is 4.74 Å². The number of nitrogens with zero attached hydrogens (tertiary/aromatic N) is 2. The van der Waals surface area contributed by atoms with E-state index in [2.05, 4.69) is 67.8 Å². The molecule has 0 amide bonds. The zero-order valence-corrected chi connectivity index (χ0v) is 17.4. The molecule has 0 aliphatic rings. The second-order valence-electron chi connectivity index (χ2n) is 5.18. The summed E-state index contributed by atoms with van der Waals surface area (Å²) >= 11 is 4.49. The molecule has 0 spiro atoms. The average Bonchev–Trinajstić information content (AvgIpc) is 3.02. The molecule has 3 rings (SSSR count). The topological polar surface area (TPSA) is 61.7 Å². The maximum absolute atomic E-state index is 9.63. The van der Waals surface area contributed by atoms with Crippen LogP contribution in [0.4, 0.5) is 0 Å². The summed E-state index contributed by atoms with van der Waals surface area (Å²) in [6.07, 6.45) is 3.51. The average molecular weight is 553 g/mol. The Labute approximate surface area is 172 Å². The predicted molar refractivity (Wildman–Crippen MR) is 117 cm³/mol. The van der Waals surface area contributed by atoms with Crippen LogP contribution in [0.1, 0.15) is 11.4 Å². The Morgan fingerprint density at radius 2 is 2.12 bits per heavy atom. The fourth-order valence-corrected chi connectivity index (χ4v) is 4.42. The third-order valence-corrected chi connectivity index (χ3v) is 4.87. The Balaban J connectivity index is 2.10. The molecule has 1 N–H and O–H groups in total. The number of aromatic nitrogens is 2. The quantitative estimate of drug-likeness (QED) is 0.262. The minimum Gasteiger partial charge on any atom is -0.488 e. The molecule has 0 bridgehead atoms. The zero-order chi connectivity index (χ0) is 17.8. The molecular formula is C19H13I2N3O. The number of hydrogen-bond acceptors (Lipinski definition) is 3. The van der Waals surface area contributed by atoms with E-state index < -0.39 is 0 Å². The van der Waals surface area contributed by atoms with Crippen LogP contribution in [0.15, 0.2) is 49.1 Å². The number of hydrogen-bond donors (Lipinski definition) is 1. The van der Waals surface area contributed by atoms with Gasteiger partial charge in [0.05, 0.1) is 20.2 Å². The van der Waals surface area contributed by atoms with Crippen LogP contribution < -0.4 is 4.74 Å². The molecule has 0 radical (unpaired) electrons.